The lowest BCUT2D eigenvalue weighted by Crippen LogP contribution is -2.28. The molecule has 0 aliphatic carbocycles. The van der Waals surface area contributed by atoms with Crippen molar-refractivity contribution in [2.75, 3.05) is 27.3 Å². The van der Waals surface area contributed by atoms with Crippen molar-refractivity contribution in [3.8, 4) is 11.5 Å². The summed E-state index contributed by atoms with van der Waals surface area (Å²) in [7, 11) is 3.20. The smallest absolute Gasteiger partial charge is 0.161 e. The van der Waals surface area contributed by atoms with E-state index in [4.69, 9.17) is 9.47 Å². The van der Waals surface area contributed by atoms with Gasteiger partial charge < -0.3 is 9.47 Å². The Kier molecular flexibility index (Phi) is 7.36. The number of carbonyl (C=O) groups is 1. The third-order valence-corrected chi connectivity index (χ3v) is 3.85. The first-order valence-corrected chi connectivity index (χ1v) is 8.36. The number of ether oxygens (including phenoxy) is 2. The highest BCUT2D eigenvalue weighted by molar-refractivity contribution is 5.77. The lowest BCUT2D eigenvalue weighted by atomic mass is 10.1. The van der Waals surface area contributed by atoms with Crippen molar-refractivity contribution in [2.24, 2.45) is 0 Å². The minimum Gasteiger partial charge on any atom is -0.493 e. The zero-order valence-corrected chi connectivity index (χ0v) is 15.4. The summed E-state index contributed by atoms with van der Waals surface area (Å²) in [6.07, 6.45) is 3.97. The Balaban J connectivity index is 2.04. The topological polar surface area (TPSA) is 38.8 Å². The van der Waals surface area contributed by atoms with E-state index >= 15 is 0 Å². The van der Waals surface area contributed by atoms with Crippen molar-refractivity contribution in [3.05, 3.63) is 65.5 Å². The van der Waals surface area contributed by atoms with E-state index in [2.05, 4.69) is 0 Å². The molecular formula is C21H24FNO3. The quantitative estimate of drug-likeness (QED) is 0.681. The van der Waals surface area contributed by atoms with Crippen LogP contribution in [0.25, 0.3) is 6.08 Å². The summed E-state index contributed by atoms with van der Waals surface area (Å²) in [6.45, 7) is 3.09. The molecule has 0 unspecified atom stereocenters. The van der Waals surface area contributed by atoms with Gasteiger partial charge in [0.25, 0.3) is 0 Å². The van der Waals surface area contributed by atoms with Crippen LogP contribution in [-0.4, -0.2) is 38.0 Å². The monoisotopic (exact) mass is 357 g/mol. The van der Waals surface area contributed by atoms with Gasteiger partial charge in [0.2, 0.25) is 0 Å². The second kappa shape index (κ2) is 9.73. The predicted octanol–water partition coefficient (Wildman–Crippen LogP) is 3.95. The fraction of sp³-hybridized carbons (Fsp3) is 0.286. The van der Waals surface area contributed by atoms with Crippen LogP contribution in [0.2, 0.25) is 0 Å². The standard InChI is InChI=1S/C21H24FNO3/c1-16(24)14-23(15-18-6-9-19(22)10-7-18)12-4-5-17-8-11-20(25-2)21(13-17)26-3/h4-11,13H,12,14-15H2,1-3H3/b5-4+. The minimum atomic E-state index is -0.264. The maximum atomic E-state index is 13.0. The number of hydrogen-bond acceptors (Lipinski definition) is 4. The van der Waals surface area contributed by atoms with E-state index in [0.29, 0.717) is 31.1 Å². The van der Waals surface area contributed by atoms with Crippen LogP contribution in [0.3, 0.4) is 0 Å². The average Bonchev–Trinajstić information content (AvgIpc) is 2.63. The minimum absolute atomic E-state index is 0.0895. The SMILES string of the molecule is COc1ccc(/C=C/CN(CC(C)=O)Cc2ccc(F)cc2)cc1OC. The molecule has 4 nitrogen and oxygen atoms in total. The van der Waals surface area contributed by atoms with Crippen LogP contribution in [0, 0.1) is 5.82 Å². The number of halogens is 1. The molecule has 0 spiro atoms. The first-order valence-electron chi connectivity index (χ1n) is 8.36. The number of methoxy groups -OCH3 is 2. The summed E-state index contributed by atoms with van der Waals surface area (Å²) >= 11 is 0. The van der Waals surface area contributed by atoms with Crippen LogP contribution in [0.1, 0.15) is 18.1 Å². The van der Waals surface area contributed by atoms with Gasteiger partial charge in [0.1, 0.15) is 11.6 Å². The Morgan fingerprint density at radius 1 is 1.08 bits per heavy atom. The fourth-order valence-corrected chi connectivity index (χ4v) is 2.64. The van der Waals surface area contributed by atoms with Crippen molar-refractivity contribution in [1.29, 1.82) is 0 Å². The lowest BCUT2D eigenvalue weighted by molar-refractivity contribution is -0.118. The van der Waals surface area contributed by atoms with E-state index < -0.39 is 0 Å². The first-order chi connectivity index (χ1) is 12.5. The number of benzene rings is 2. The van der Waals surface area contributed by atoms with Crippen molar-refractivity contribution >= 4 is 11.9 Å². The van der Waals surface area contributed by atoms with Gasteiger partial charge in [0.15, 0.2) is 11.5 Å². The van der Waals surface area contributed by atoms with Crippen LogP contribution < -0.4 is 9.47 Å². The highest BCUT2D eigenvalue weighted by Gasteiger charge is 2.08. The van der Waals surface area contributed by atoms with Gasteiger partial charge in [-0.25, -0.2) is 4.39 Å². The van der Waals surface area contributed by atoms with E-state index in [1.165, 1.54) is 12.1 Å². The van der Waals surface area contributed by atoms with Gasteiger partial charge in [-0.2, -0.15) is 0 Å². The van der Waals surface area contributed by atoms with Gasteiger partial charge in [0.05, 0.1) is 20.8 Å². The maximum absolute atomic E-state index is 13.0. The highest BCUT2D eigenvalue weighted by atomic mass is 19.1. The zero-order valence-electron chi connectivity index (χ0n) is 15.4. The van der Waals surface area contributed by atoms with Crippen molar-refractivity contribution < 1.29 is 18.7 Å². The van der Waals surface area contributed by atoms with E-state index in [0.717, 1.165) is 11.1 Å². The molecule has 0 atom stereocenters. The molecular weight excluding hydrogens is 333 g/mol. The number of Topliss-reactive ketones (excluding diaryl/α,β-unsaturated/α-hetero) is 1. The summed E-state index contributed by atoms with van der Waals surface area (Å²) in [5.41, 5.74) is 1.94. The Morgan fingerprint density at radius 2 is 1.77 bits per heavy atom. The number of rotatable bonds is 9. The Hall–Kier alpha value is -2.66. The third kappa shape index (κ3) is 6.01. The van der Waals surface area contributed by atoms with Crippen molar-refractivity contribution in [3.63, 3.8) is 0 Å². The maximum Gasteiger partial charge on any atom is 0.161 e. The van der Waals surface area contributed by atoms with Crippen molar-refractivity contribution in [2.45, 2.75) is 13.5 Å². The second-order valence-electron chi connectivity index (χ2n) is 6.01. The molecule has 0 aromatic heterocycles. The normalized spacial score (nSPS) is 11.1. The van der Waals surface area contributed by atoms with E-state index in [1.807, 2.05) is 35.3 Å². The Labute approximate surface area is 153 Å². The number of nitrogens with zero attached hydrogens (tertiary/aromatic N) is 1. The summed E-state index contributed by atoms with van der Waals surface area (Å²) in [5.74, 6) is 1.17. The molecule has 2 rings (SSSR count). The zero-order chi connectivity index (χ0) is 18.9. The lowest BCUT2D eigenvalue weighted by Gasteiger charge is -2.19. The number of carbonyl (C=O) groups excluding carboxylic acids is 1. The van der Waals surface area contributed by atoms with E-state index in [-0.39, 0.29) is 11.6 Å². The van der Waals surface area contributed by atoms with Gasteiger partial charge in [-0.1, -0.05) is 30.4 Å². The van der Waals surface area contributed by atoms with E-state index in [9.17, 15) is 9.18 Å². The molecule has 0 aliphatic rings. The summed E-state index contributed by atoms with van der Waals surface area (Å²) in [4.78, 5) is 13.5. The summed E-state index contributed by atoms with van der Waals surface area (Å²) in [6, 6.07) is 12.0. The molecule has 138 valence electrons. The molecule has 0 heterocycles. The van der Waals surface area contributed by atoms with Crippen LogP contribution in [-0.2, 0) is 11.3 Å². The molecule has 26 heavy (non-hydrogen) atoms. The molecule has 0 radical (unpaired) electrons. The molecule has 5 heteroatoms. The van der Waals surface area contributed by atoms with Crippen LogP contribution in [0.5, 0.6) is 11.5 Å². The first kappa shape index (κ1) is 19.7. The molecule has 0 aliphatic heterocycles. The number of ketones is 1. The van der Waals surface area contributed by atoms with E-state index in [1.54, 1.807) is 33.3 Å². The molecule has 0 N–H and O–H groups in total. The van der Waals surface area contributed by atoms with Crippen LogP contribution in [0.15, 0.2) is 48.5 Å². The Morgan fingerprint density at radius 3 is 2.38 bits per heavy atom. The molecule has 0 bridgehead atoms. The Bertz CT molecular complexity index is 756. The highest BCUT2D eigenvalue weighted by Crippen LogP contribution is 2.27. The summed E-state index contributed by atoms with van der Waals surface area (Å²) in [5, 5.41) is 0. The van der Waals surface area contributed by atoms with Crippen LogP contribution >= 0.6 is 0 Å². The molecule has 2 aromatic carbocycles. The molecule has 0 fully saturated rings. The average molecular weight is 357 g/mol. The molecule has 0 saturated heterocycles. The second-order valence-corrected chi connectivity index (χ2v) is 6.01. The van der Waals surface area contributed by atoms with Crippen molar-refractivity contribution in [1.82, 2.24) is 4.90 Å². The van der Waals surface area contributed by atoms with Gasteiger partial charge in [0, 0.05) is 13.1 Å². The fourth-order valence-electron chi connectivity index (χ4n) is 2.64. The number of hydrogen-bond donors (Lipinski definition) is 0. The van der Waals surface area contributed by atoms with Gasteiger partial charge in [-0.05, 0) is 42.3 Å². The molecule has 0 saturated carbocycles. The third-order valence-electron chi connectivity index (χ3n) is 3.85. The summed E-state index contributed by atoms with van der Waals surface area (Å²) < 4.78 is 23.6. The predicted molar refractivity (Wildman–Crippen MR) is 101 cm³/mol. The van der Waals surface area contributed by atoms with Gasteiger partial charge in [-0.3, -0.25) is 9.69 Å². The van der Waals surface area contributed by atoms with Gasteiger partial charge in [-0.15, -0.1) is 0 Å². The van der Waals surface area contributed by atoms with Gasteiger partial charge >= 0.3 is 0 Å². The molecule has 0 amide bonds. The largest absolute Gasteiger partial charge is 0.493 e. The molecule has 2 aromatic rings. The van der Waals surface area contributed by atoms with Crippen LogP contribution in [0.4, 0.5) is 4.39 Å².